The minimum atomic E-state index is -0.0908. The third-order valence-corrected chi connectivity index (χ3v) is 4.89. The highest BCUT2D eigenvalue weighted by atomic mass is 16.1. The summed E-state index contributed by atoms with van der Waals surface area (Å²) in [6, 6.07) is 9.56. The Bertz CT molecular complexity index is 947. The van der Waals surface area contributed by atoms with Crippen LogP contribution < -0.4 is 10.2 Å². The first-order valence-electron chi connectivity index (χ1n) is 9.65. The van der Waals surface area contributed by atoms with Gasteiger partial charge in [-0.15, -0.1) is 0 Å². The summed E-state index contributed by atoms with van der Waals surface area (Å²) in [6.07, 6.45) is 6.49. The molecule has 1 aliphatic heterocycles. The topological polar surface area (TPSA) is 86.8 Å². The predicted molar refractivity (Wildman–Crippen MR) is 108 cm³/mol. The molecule has 0 bridgehead atoms. The highest BCUT2D eigenvalue weighted by Gasteiger charge is 2.17. The highest BCUT2D eigenvalue weighted by Crippen LogP contribution is 2.23. The van der Waals surface area contributed by atoms with Gasteiger partial charge in [0.15, 0.2) is 0 Å². The standard InChI is InChI=1S/C21H24N6O/c1-15-11-19(26-21(25-15)27-9-2-3-10-27)16-5-4-6-17(12-16)20(28)23-8-7-18-13-22-14-24-18/h4-6,11-14H,2-3,7-10H2,1H3,(H,22,24)(H,23,28). The second kappa shape index (κ2) is 8.21. The van der Waals surface area contributed by atoms with Crippen molar-refractivity contribution in [2.24, 2.45) is 0 Å². The highest BCUT2D eigenvalue weighted by molar-refractivity contribution is 5.95. The molecular formula is C21H24N6O. The average Bonchev–Trinajstić information content (AvgIpc) is 3.42. The van der Waals surface area contributed by atoms with Crippen LogP contribution in [0, 0.1) is 6.92 Å². The number of aryl methyl sites for hydroxylation is 1. The van der Waals surface area contributed by atoms with Gasteiger partial charge in [0.25, 0.3) is 5.91 Å². The Balaban J connectivity index is 1.49. The molecule has 1 aliphatic rings. The van der Waals surface area contributed by atoms with E-state index in [4.69, 9.17) is 4.98 Å². The number of nitrogens with one attached hydrogen (secondary N) is 2. The van der Waals surface area contributed by atoms with Crippen LogP contribution in [0.3, 0.4) is 0 Å². The van der Waals surface area contributed by atoms with Crippen LogP contribution in [0.15, 0.2) is 42.9 Å². The van der Waals surface area contributed by atoms with Gasteiger partial charge in [0, 0.05) is 54.8 Å². The number of rotatable bonds is 6. The summed E-state index contributed by atoms with van der Waals surface area (Å²) in [5.74, 6) is 0.689. The summed E-state index contributed by atoms with van der Waals surface area (Å²) in [6.45, 7) is 4.54. The summed E-state index contributed by atoms with van der Waals surface area (Å²) in [5.41, 5.74) is 4.33. The van der Waals surface area contributed by atoms with Crippen LogP contribution in [0.2, 0.25) is 0 Å². The van der Waals surface area contributed by atoms with Crippen molar-refractivity contribution >= 4 is 11.9 Å². The molecule has 1 saturated heterocycles. The fourth-order valence-corrected chi connectivity index (χ4v) is 3.41. The molecule has 2 N–H and O–H groups in total. The Morgan fingerprint density at radius 1 is 1.21 bits per heavy atom. The summed E-state index contributed by atoms with van der Waals surface area (Å²) in [5, 5.41) is 2.96. The lowest BCUT2D eigenvalue weighted by atomic mass is 10.1. The van der Waals surface area contributed by atoms with E-state index in [0.29, 0.717) is 12.1 Å². The summed E-state index contributed by atoms with van der Waals surface area (Å²) >= 11 is 0. The molecule has 7 heteroatoms. The number of amides is 1. The van der Waals surface area contributed by atoms with Gasteiger partial charge in [0.05, 0.1) is 12.0 Å². The number of imidazole rings is 1. The Morgan fingerprint density at radius 2 is 2.07 bits per heavy atom. The largest absolute Gasteiger partial charge is 0.352 e. The number of carbonyl (C=O) groups is 1. The molecular weight excluding hydrogens is 352 g/mol. The summed E-state index contributed by atoms with van der Waals surface area (Å²) in [7, 11) is 0. The number of H-pyrrole nitrogens is 1. The lowest BCUT2D eigenvalue weighted by Gasteiger charge is -2.16. The number of hydrogen-bond acceptors (Lipinski definition) is 5. The molecule has 1 fully saturated rings. The van der Waals surface area contributed by atoms with Gasteiger partial charge in [-0.25, -0.2) is 15.0 Å². The molecule has 0 unspecified atom stereocenters. The van der Waals surface area contributed by atoms with Crippen LogP contribution in [0.1, 0.15) is 34.6 Å². The normalized spacial score (nSPS) is 13.7. The van der Waals surface area contributed by atoms with E-state index in [9.17, 15) is 4.79 Å². The SMILES string of the molecule is Cc1cc(-c2cccc(C(=O)NCCc3cnc[nH]3)c2)nc(N2CCCC2)n1. The second-order valence-corrected chi connectivity index (χ2v) is 7.05. The second-order valence-electron chi connectivity index (χ2n) is 7.05. The number of aromatic nitrogens is 4. The van der Waals surface area contributed by atoms with E-state index in [-0.39, 0.29) is 5.91 Å². The minimum Gasteiger partial charge on any atom is -0.352 e. The number of aromatic amines is 1. The molecule has 0 aliphatic carbocycles. The van der Waals surface area contributed by atoms with Gasteiger partial charge >= 0.3 is 0 Å². The number of benzene rings is 1. The Morgan fingerprint density at radius 3 is 2.86 bits per heavy atom. The number of anilines is 1. The zero-order chi connectivity index (χ0) is 19.3. The molecule has 0 atom stereocenters. The van der Waals surface area contributed by atoms with E-state index in [0.717, 1.165) is 48.1 Å². The molecule has 1 amide bonds. The third-order valence-electron chi connectivity index (χ3n) is 4.89. The fraction of sp³-hybridized carbons (Fsp3) is 0.333. The van der Waals surface area contributed by atoms with Crippen molar-refractivity contribution in [2.75, 3.05) is 24.5 Å². The van der Waals surface area contributed by atoms with Crippen molar-refractivity contribution in [3.8, 4) is 11.3 Å². The van der Waals surface area contributed by atoms with Crippen LogP contribution in [0.4, 0.5) is 5.95 Å². The zero-order valence-electron chi connectivity index (χ0n) is 16.0. The van der Waals surface area contributed by atoms with Gasteiger partial charge in [0.1, 0.15) is 0 Å². The van der Waals surface area contributed by atoms with Crippen LogP contribution in [-0.2, 0) is 6.42 Å². The van der Waals surface area contributed by atoms with Crippen LogP contribution in [0.25, 0.3) is 11.3 Å². The average molecular weight is 376 g/mol. The Labute approximate surface area is 164 Å². The van der Waals surface area contributed by atoms with Crippen LogP contribution in [0.5, 0.6) is 0 Å². The van der Waals surface area contributed by atoms with Gasteiger partial charge in [-0.1, -0.05) is 12.1 Å². The Hall–Kier alpha value is -3.22. The van der Waals surface area contributed by atoms with E-state index in [2.05, 4.69) is 25.2 Å². The van der Waals surface area contributed by atoms with Crippen molar-refractivity contribution < 1.29 is 4.79 Å². The smallest absolute Gasteiger partial charge is 0.251 e. The van der Waals surface area contributed by atoms with Crippen molar-refractivity contribution in [1.29, 1.82) is 0 Å². The molecule has 144 valence electrons. The maximum absolute atomic E-state index is 12.5. The van der Waals surface area contributed by atoms with E-state index in [1.54, 1.807) is 12.5 Å². The maximum Gasteiger partial charge on any atom is 0.251 e. The van der Waals surface area contributed by atoms with Gasteiger partial charge in [-0.05, 0) is 38.0 Å². The molecule has 28 heavy (non-hydrogen) atoms. The van der Waals surface area contributed by atoms with Gasteiger partial charge in [-0.3, -0.25) is 4.79 Å². The summed E-state index contributed by atoms with van der Waals surface area (Å²) in [4.78, 5) is 31.1. The van der Waals surface area contributed by atoms with E-state index < -0.39 is 0 Å². The molecule has 0 saturated carbocycles. The van der Waals surface area contributed by atoms with Crippen molar-refractivity contribution in [2.45, 2.75) is 26.2 Å². The molecule has 2 aromatic heterocycles. The van der Waals surface area contributed by atoms with Gasteiger partial charge in [-0.2, -0.15) is 0 Å². The molecule has 0 spiro atoms. The van der Waals surface area contributed by atoms with Gasteiger partial charge < -0.3 is 15.2 Å². The summed E-state index contributed by atoms with van der Waals surface area (Å²) < 4.78 is 0. The van der Waals surface area contributed by atoms with E-state index >= 15 is 0 Å². The molecule has 0 radical (unpaired) electrons. The first-order chi connectivity index (χ1) is 13.7. The fourth-order valence-electron chi connectivity index (χ4n) is 3.41. The molecule has 3 aromatic rings. The quantitative estimate of drug-likeness (QED) is 0.691. The molecule has 1 aromatic carbocycles. The molecule has 7 nitrogen and oxygen atoms in total. The molecule has 3 heterocycles. The van der Waals surface area contributed by atoms with Crippen molar-refractivity contribution in [3.63, 3.8) is 0 Å². The lowest BCUT2D eigenvalue weighted by molar-refractivity contribution is 0.0954. The minimum absolute atomic E-state index is 0.0908. The molecule has 4 rings (SSSR count). The van der Waals surface area contributed by atoms with Crippen molar-refractivity contribution in [1.82, 2.24) is 25.3 Å². The maximum atomic E-state index is 12.5. The van der Waals surface area contributed by atoms with Gasteiger partial charge in [0.2, 0.25) is 5.95 Å². The number of hydrogen-bond donors (Lipinski definition) is 2. The van der Waals surface area contributed by atoms with Crippen LogP contribution >= 0.6 is 0 Å². The first-order valence-corrected chi connectivity index (χ1v) is 9.65. The monoisotopic (exact) mass is 376 g/mol. The zero-order valence-corrected chi connectivity index (χ0v) is 16.0. The Kier molecular flexibility index (Phi) is 5.32. The number of nitrogens with zero attached hydrogens (tertiary/aromatic N) is 4. The number of carbonyl (C=O) groups excluding carboxylic acids is 1. The van der Waals surface area contributed by atoms with E-state index in [1.807, 2.05) is 37.3 Å². The van der Waals surface area contributed by atoms with Crippen molar-refractivity contribution in [3.05, 3.63) is 59.8 Å². The lowest BCUT2D eigenvalue weighted by Crippen LogP contribution is -2.25. The predicted octanol–water partition coefficient (Wildman–Crippen LogP) is 2.75. The van der Waals surface area contributed by atoms with E-state index in [1.165, 1.54) is 12.8 Å². The first kappa shape index (κ1) is 18.2. The van der Waals surface area contributed by atoms with Crippen LogP contribution in [-0.4, -0.2) is 45.5 Å². The third kappa shape index (κ3) is 4.19.